The zero-order valence-electron chi connectivity index (χ0n) is 8.53. The van der Waals surface area contributed by atoms with Crippen molar-refractivity contribution in [3.05, 3.63) is 59.7 Å². The first-order valence-corrected chi connectivity index (χ1v) is 4.91. The van der Waals surface area contributed by atoms with Gasteiger partial charge in [0.2, 0.25) is 0 Å². The third-order valence-corrected chi connectivity index (χ3v) is 2.20. The van der Waals surface area contributed by atoms with Gasteiger partial charge in [-0.25, -0.2) is 4.39 Å². The molecule has 2 rings (SSSR count). The van der Waals surface area contributed by atoms with Crippen LogP contribution in [-0.2, 0) is 6.54 Å². The molecule has 0 aliphatic heterocycles. The molecule has 1 aromatic carbocycles. The zero-order chi connectivity index (χ0) is 11.4. The normalized spacial score (nSPS) is 10.1. The van der Waals surface area contributed by atoms with Crippen LogP contribution in [0.4, 0.5) is 4.39 Å². The molecule has 1 amide bonds. The third kappa shape index (κ3) is 2.48. The van der Waals surface area contributed by atoms with Gasteiger partial charge < -0.3 is 10.3 Å². The van der Waals surface area contributed by atoms with E-state index in [1.165, 1.54) is 18.2 Å². The number of halogens is 1. The Morgan fingerprint density at radius 1 is 1.38 bits per heavy atom. The highest BCUT2D eigenvalue weighted by Gasteiger charge is 2.05. The van der Waals surface area contributed by atoms with Gasteiger partial charge in [-0.15, -0.1) is 0 Å². The van der Waals surface area contributed by atoms with Gasteiger partial charge in [-0.1, -0.05) is 6.07 Å². The smallest absolute Gasteiger partial charge is 0.251 e. The fraction of sp³-hybridized carbons (Fsp3) is 0.0833. The predicted molar refractivity (Wildman–Crippen MR) is 58.4 cm³/mol. The summed E-state index contributed by atoms with van der Waals surface area (Å²) in [6, 6.07) is 7.48. The average Bonchev–Trinajstić information content (AvgIpc) is 2.78. The fourth-order valence-electron chi connectivity index (χ4n) is 1.38. The molecule has 0 unspecified atom stereocenters. The summed E-state index contributed by atoms with van der Waals surface area (Å²) in [5.74, 6) is -0.685. The van der Waals surface area contributed by atoms with Gasteiger partial charge >= 0.3 is 0 Å². The number of carbonyl (C=O) groups is 1. The van der Waals surface area contributed by atoms with Gasteiger partial charge in [0.05, 0.1) is 0 Å². The molecule has 3 nitrogen and oxygen atoms in total. The Morgan fingerprint density at radius 3 is 2.94 bits per heavy atom. The summed E-state index contributed by atoms with van der Waals surface area (Å²) in [5.41, 5.74) is 1.31. The zero-order valence-corrected chi connectivity index (χ0v) is 8.53. The maximum atomic E-state index is 12.9. The van der Waals surface area contributed by atoms with Crippen molar-refractivity contribution >= 4 is 5.91 Å². The van der Waals surface area contributed by atoms with Crippen LogP contribution < -0.4 is 5.32 Å². The highest BCUT2D eigenvalue weighted by molar-refractivity contribution is 5.94. The second kappa shape index (κ2) is 4.61. The molecule has 1 aromatic heterocycles. The largest absolute Gasteiger partial charge is 0.367 e. The molecule has 0 aliphatic carbocycles. The summed E-state index contributed by atoms with van der Waals surface area (Å²) in [7, 11) is 0. The minimum atomic E-state index is -0.408. The number of benzene rings is 1. The second-order valence-electron chi connectivity index (χ2n) is 3.41. The molecule has 0 fully saturated rings. The van der Waals surface area contributed by atoms with Crippen LogP contribution in [0.3, 0.4) is 0 Å². The van der Waals surface area contributed by atoms with Crippen LogP contribution in [0.1, 0.15) is 15.9 Å². The van der Waals surface area contributed by atoms with Crippen LogP contribution in [0.15, 0.2) is 42.7 Å². The Morgan fingerprint density at radius 2 is 2.25 bits per heavy atom. The topological polar surface area (TPSA) is 44.9 Å². The quantitative estimate of drug-likeness (QED) is 0.814. The van der Waals surface area contributed by atoms with Crippen molar-refractivity contribution in [3.63, 3.8) is 0 Å². The maximum absolute atomic E-state index is 12.9. The minimum Gasteiger partial charge on any atom is -0.367 e. The Hall–Kier alpha value is -2.10. The number of amides is 1. The van der Waals surface area contributed by atoms with Crippen molar-refractivity contribution in [1.82, 2.24) is 10.3 Å². The molecule has 16 heavy (non-hydrogen) atoms. The Kier molecular flexibility index (Phi) is 3.00. The predicted octanol–water partition coefficient (Wildman–Crippen LogP) is 2.08. The van der Waals surface area contributed by atoms with E-state index >= 15 is 0 Å². The molecule has 0 aliphatic rings. The lowest BCUT2D eigenvalue weighted by molar-refractivity contribution is 0.0950. The first-order chi connectivity index (χ1) is 7.75. The van der Waals surface area contributed by atoms with Crippen LogP contribution in [0.25, 0.3) is 0 Å². The van der Waals surface area contributed by atoms with Crippen LogP contribution in [0.2, 0.25) is 0 Å². The number of nitrogens with one attached hydrogen (secondary N) is 2. The monoisotopic (exact) mass is 218 g/mol. The van der Waals surface area contributed by atoms with E-state index in [1.807, 2.05) is 6.07 Å². The van der Waals surface area contributed by atoms with Crippen molar-refractivity contribution in [2.45, 2.75) is 6.54 Å². The SMILES string of the molecule is O=C(NCc1cc[nH]c1)c1cccc(F)c1. The molecule has 0 atom stereocenters. The first kappa shape index (κ1) is 10.4. The van der Waals surface area contributed by atoms with E-state index in [0.717, 1.165) is 5.56 Å². The molecule has 82 valence electrons. The lowest BCUT2D eigenvalue weighted by Crippen LogP contribution is -2.22. The van der Waals surface area contributed by atoms with Crippen molar-refractivity contribution < 1.29 is 9.18 Å². The second-order valence-corrected chi connectivity index (χ2v) is 3.41. The van der Waals surface area contributed by atoms with Crippen molar-refractivity contribution in [2.24, 2.45) is 0 Å². The maximum Gasteiger partial charge on any atom is 0.251 e. The number of H-pyrrole nitrogens is 1. The highest BCUT2D eigenvalue weighted by atomic mass is 19.1. The molecule has 1 heterocycles. The summed E-state index contributed by atoms with van der Waals surface area (Å²) in [6.45, 7) is 0.429. The van der Waals surface area contributed by atoms with Gasteiger partial charge in [0.1, 0.15) is 5.82 Å². The number of hydrogen-bond donors (Lipinski definition) is 2. The summed E-state index contributed by atoms with van der Waals surface area (Å²) in [5, 5.41) is 2.70. The molecule has 0 radical (unpaired) electrons. The first-order valence-electron chi connectivity index (χ1n) is 4.91. The van der Waals surface area contributed by atoms with E-state index in [2.05, 4.69) is 10.3 Å². The summed E-state index contributed by atoms with van der Waals surface area (Å²) in [6.07, 6.45) is 3.58. The van der Waals surface area contributed by atoms with Crippen molar-refractivity contribution in [1.29, 1.82) is 0 Å². The molecule has 2 N–H and O–H groups in total. The highest BCUT2D eigenvalue weighted by Crippen LogP contribution is 2.04. The van der Waals surface area contributed by atoms with E-state index in [9.17, 15) is 9.18 Å². The molecular formula is C12H11FN2O. The molecular weight excluding hydrogens is 207 g/mol. The van der Waals surface area contributed by atoms with Crippen LogP contribution in [0.5, 0.6) is 0 Å². The van der Waals surface area contributed by atoms with Gasteiger partial charge in [0.25, 0.3) is 5.91 Å². The van der Waals surface area contributed by atoms with Gasteiger partial charge in [-0.05, 0) is 29.8 Å². The van der Waals surface area contributed by atoms with Crippen LogP contribution in [-0.4, -0.2) is 10.9 Å². The summed E-state index contributed by atoms with van der Waals surface area (Å²) >= 11 is 0. The summed E-state index contributed by atoms with van der Waals surface area (Å²) < 4.78 is 12.9. The van der Waals surface area contributed by atoms with Gasteiger partial charge in [-0.2, -0.15) is 0 Å². The lowest BCUT2D eigenvalue weighted by atomic mass is 10.2. The number of rotatable bonds is 3. The average molecular weight is 218 g/mol. The molecule has 0 saturated carbocycles. The summed E-state index contributed by atoms with van der Waals surface area (Å²) in [4.78, 5) is 14.5. The Labute approximate surface area is 92.3 Å². The number of carbonyl (C=O) groups excluding carboxylic acids is 1. The molecule has 0 saturated heterocycles. The van der Waals surface area contributed by atoms with Crippen molar-refractivity contribution in [2.75, 3.05) is 0 Å². The van der Waals surface area contributed by atoms with E-state index in [1.54, 1.807) is 18.5 Å². The molecule has 2 aromatic rings. The Bertz CT molecular complexity index is 480. The van der Waals surface area contributed by atoms with E-state index in [-0.39, 0.29) is 5.91 Å². The van der Waals surface area contributed by atoms with E-state index < -0.39 is 5.82 Å². The van der Waals surface area contributed by atoms with Gasteiger partial charge in [-0.3, -0.25) is 4.79 Å². The van der Waals surface area contributed by atoms with E-state index in [0.29, 0.717) is 12.1 Å². The number of aromatic amines is 1. The molecule has 0 spiro atoms. The van der Waals surface area contributed by atoms with E-state index in [4.69, 9.17) is 0 Å². The number of hydrogen-bond acceptors (Lipinski definition) is 1. The standard InChI is InChI=1S/C12H11FN2O/c13-11-3-1-2-10(6-11)12(16)15-8-9-4-5-14-7-9/h1-7,14H,8H2,(H,15,16). The molecule has 4 heteroatoms. The van der Waals surface area contributed by atoms with Crippen LogP contribution in [0, 0.1) is 5.82 Å². The third-order valence-electron chi connectivity index (χ3n) is 2.20. The van der Waals surface area contributed by atoms with Gasteiger partial charge in [0, 0.05) is 24.5 Å². The van der Waals surface area contributed by atoms with Crippen molar-refractivity contribution in [3.8, 4) is 0 Å². The molecule has 0 bridgehead atoms. The van der Waals surface area contributed by atoms with Gasteiger partial charge in [0.15, 0.2) is 0 Å². The fourth-order valence-corrected chi connectivity index (χ4v) is 1.38. The minimum absolute atomic E-state index is 0.277. The lowest BCUT2D eigenvalue weighted by Gasteiger charge is -2.03. The number of aromatic nitrogens is 1. The van der Waals surface area contributed by atoms with Crippen LogP contribution >= 0.6 is 0 Å². The Balaban J connectivity index is 1.98.